The zero-order chi connectivity index (χ0) is 17.2. The van der Waals surface area contributed by atoms with E-state index in [0.717, 1.165) is 49.0 Å². The maximum atomic E-state index is 5.99. The quantitative estimate of drug-likeness (QED) is 0.887. The largest absolute Gasteiger partial charge is 0.296 e. The number of H-pyrrole nitrogens is 1. The summed E-state index contributed by atoms with van der Waals surface area (Å²) in [5, 5.41) is 8.16. The number of piperazine rings is 1. The third-order valence-electron chi connectivity index (χ3n) is 5.34. The summed E-state index contributed by atoms with van der Waals surface area (Å²) in [6, 6.07) is 7.93. The van der Waals surface area contributed by atoms with Crippen molar-refractivity contribution in [1.29, 1.82) is 0 Å². The molecular weight excluding hydrogens is 320 g/mol. The highest BCUT2D eigenvalue weighted by molar-refractivity contribution is 6.30. The number of aromatic amines is 1. The number of hydrogen-bond donors (Lipinski definition) is 1. The van der Waals surface area contributed by atoms with E-state index >= 15 is 0 Å². The van der Waals surface area contributed by atoms with Crippen LogP contribution in [0.3, 0.4) is 0 Å². The second-order valence-corrected chi connectivity index (χ2v) is 7.64. The Labute approximate surface area is 149 Å². The monoisotopic (exact) mass is 346 g/mol. The predicted octanol–water partition coefficient (Wildman–Crippen LogP) is 4.04. The normalized spacial score (nSPS) is 17.3. The SMILES string of the molecule is CCC(C)(C)N1CCN(Cc2cn[nH]c2-c2ccc(Cl)cc2)CC1. The highest BCUT2D eigenvalue weighted by atomic mass is 35.5. The molecule has 0 bridgehead atoms. The fourth-order valence-electron chi connectivity index (χ4n) is 3.27. The molecule has 0 spiro atoms. The molecule has 0 unspecified atom stereocenters. The molecule has 1 aromatic heterocycles. The Balaban J connectivity index is 1.64. The molecule has 24 heavy (non-hydrogen) atoms. The summed E-state index contributed by atoms with van der Waals surface area (Å²) in [4.78, 5) is 5.13. The Bertz CT molecular complexity index is 654. The number of rotatable bonds is 5. The first kappa shape index (κ1) is 17.5. The van der Waals surface area contributed by atoms with Gasteiger partial charge in [0.25, 0.3) is 0 Å². The second-order valence-electron chi connectivity index (χ2n) is 7.21. The molecule has 1 aromatic carbocycles. The van der Waals surface area contributed by atoms with E-state index < -0.39 is 0 Å². The summed E-state index contributed by atoms with van der Waals surface area (Å²) < 4.78 is 0. The lowest BCUT2D eigenvalue weighted by Gasteiger charge is -2.43. The summed E-state index contributed by atoms with van der Waals surface area (Å²) in [6.07, 6.45) is 3.14. The van der Waals surface area contributed by atoms with Crippen LogP contribution in [0.2, 0.25) is 5.02 Å². The molecule has 1 aliphatic rings. The van der Waals surface area contributed by atoms with Crippen molar-refractivity contribution in [2.24, 2.45) is 0 Å². The van der Waals surface area contributed by atoms with Crippen molar-refractivity contribution in [3.63, 3.8) is 0 Å². The first-order chi connectivity index (χ1) is 11.5. The summed E-state index contributed by atoms with van der Waals surface area (Å²) in [5.74, 6) is 0. The number of hydrogen-bond acceptors (Lipinski definition) is 3. The van der Waals surface area contributed by atoms with E-state index in [4.69, 9.17) is 11.6 Å². The smallest absolute Gasteiger partial charge is 0.0695 e. The van der Waals surface area contributed by atoms with Crippen LogP contribution in [0, 0.1) is 0 Å². The third kappa shape index (κ3) is 3.82. The Kier molecular flexibility index (Phi) is 5.28. The summed E-state index contributed by atoms with van der Waals surface area (Å²) >= 11 is 5.99. The first-order valence-electron chi connectivity index (χ1n) is 8.75. The molecule has 0 saturated carbocycles. The number of halogens is 1. The molecule has 0 radical (unpaired) electrons. The van der Waals surface area contributed by atoms with Crippen LogP contribution in [-0.4, -0.2) is 51.7 Å². The molecule has 5 heteroatoms. The maximum absolute atomic E-state index is 5.99. The second kappa shape index (κ2) is 7.26. The van der Waals surface area contributed by atoms with Gasteiger partial charge in [0.1, 0.15) is 0 Å². The number of benzene rings is 1. The minimum atomic E-state index is 0.302. The van der Waals surface area contributed by atoms with E-state index in [0.29, 0.717) is 5.54 Å². The van der Waals surface area contributed by atoms with Crippen LogP contribution in [0.1, 0.15) is 32.8 Å². The van der Waals surface area contributed by atoms with Crippen LogP contribution >= 0.6 is 11.6 Å². The molecule has 1 saturated heterocycles. The molecule has 4 nitrogen and oxygen atoms in total. The van der Waals surface area contributed by atoms with Crippen molar-refractivity contribution in [1.82, 2.24) is 20.0 Å². The predicted molar refractivity (Wildman–Crippen MR) is 100 cm³/mol. The van der Waals surface area contributed by atoms with E-state index in [2.05, 4.69) is 40.8 Å². The van der Waals surface area contributed by atoms with Crippen molar-refractivity contribution in [2.75, 3.05) is 26.2 Å². The highest BCUT2D eigenvalue weighted by Crippen LogP contribution is 2.25. The summed E-state index contributed by atoms with van der Waals surface area (Å²) in [5.41, 5.74) is 3.79. The lowest BCUT2D eigenvalue weighted by Crippen LogP contribution is -2.54. The van der Waals surface area contributed by atoms with E-state index in [-0.39, 0.29) is 0 Å². The zero-order valence-electron chi connectivity index (χ0n) is 14.8. The Hall–Kier alpha value is -1.36. The Morgan fingerprint density at radius 1 is 1.12 bits per heavy atom. The van der Waals surface area contributed by atoms with Crippen LogP contribution in [0.4, 0.5) is 0 Å². The van der Waals surface area contributed by atoms with Gasteiger partial charge in [-0.05, 0) is 38.0 Å². The van der Waals surface area contributed by atoms with Gasteiger partial charge in [0.15, 0.2) is 0 Å². The Morgan fingerprint density at radius 3 is 2.42 bits per heavy atom. The molecule has 130 valence electrons. The minimum absolute atomic E-state index is 0.302. The first-order valence-corrected chi connectivity index (χ1v) is 9.13. The minimum Gasteiger partial charge on any atom is -0.296 e. The van der Waals surface area contributed by atoms with E-state index in [1.807, 2.05) is 30.5 Å². The summed E-state index contributed by atoms with van der Waals surface area (Å²) in [7, 11) is 0. The molecule has 1 N–H and O–H groups in total. The van der Waals surface area contributed by atoms with Crippen molar-refractivity contribution >= 4 is 11.6 Å². The van der Waals surface area contributed by atoms with Crippen LogP contribution < -0.4 is 0 Å². The standard InChI is InChI=1S/C19H27ClN4/c1-4-19(2,3)24-11-9-23(10-12-24)14-16-13-21-22-18(16)15-5-7-17(20)8-6-15/h5-8,13H,4,9-12,14H2,1-3H3,(H,21,22). The molecule has 0 atom stereocenters. The van der Waals surface area contributed by atoms with Gasteiger partial charge in [-0.2, -0.15) is 5.10 Å². The average Bonchev–Trinajstić information content (AvgIpc) is 3.04. The fraction of sp³-hybridized carbons (Fsp3) is 0.526. The molecule has 2 aromatic rings. The third-order valence-corrected chi connectivity index (χ3v) is 5.59. The fourth-order valence-corrected chi connectivity index (χ4v) is 3.40. The van der Waals surface area contributed by atoms with Crippen molar-refractivity contribution in [3.05, 3.63) is 41.0 Å². The number of nitrogens with zero attached hydrogens (tertiary/aromatic N) is 3. The molecular formula is C19H27ClN4. The topological polar surface area (TPSA) is 35.2 Å². The molecule has 2 heterocycles. The van der Waals surface area contributed by atoms with Crippen LogP contribution in [0.25, 0.3) is 11.3 Å². The van der Waals surface area contributed by atoms with Gasteiger partial charge in [-0.3, -0.25) is 14.9 Å². The van der Waals surface area contributed by atoms with Gasteiger partial charge in [-0.1, -0.05) is 30.7 Å². The number of nitrogens with one attached hydrogen (secondary N) is 1. The molecule has 1 fully saturated rings. The van der Waals surface area contributed by atoms with Crippen molar-refractivity contribution in [3.8, 4) is 11.3 Å². The van der Waals surface area contributed by atoms with Gasteiger partial charge in [0.2, 0.25) is 0 Å². The van der Waals surface area contributed by atoms with Gasteiger partial charge >= 0.3 is 0 Å². The molecule has 0 aliphatic carbocycles. The zero-order valence-corrected chi connectivity index (χ0v) is 15.6. The lowest BCUT2D eigenvalue weighted by molar-refractivity contribution is 0.0471. The highest BCUT2D eigenvalue weighted by Gasteiger charge is 2.28. The van der Waals surface area contributed by atoms with Gasteiger partial charge in [-0.25, -0.2) is 0 Å². The maximum Gasteiger partial charge on any atom is 0.0695 e. The van der Waals surface area contributed by atoms with Gasteiger partial charge in [-0.15, -0.1) is 0 Å². The van der Waals surface area contributed by atoms with Crippen LogP contribution in [-0.2, 0) is 6.54 Å². The van der Waals surface area contributed by atoms with Gasteiger partial charge in [0.05, 0.1) is 11.9 Å². The van der Waals surface area contributed by atoms with Crippen LogP contribution in [0.5, 0.6) is 0 Å². The van der Waals surface area contributed by atoms with Crippen molar-refractivity contribution in [2.45, 2.75) is 39.3 Å². The molecule has 3 rings (SSSR count). The lowest BCUT2D eigenvalue weighted by atomic mass is 9.98. The van der Waals surface area contributed by atoms with E-state index in [1.54, 1.807) is 0 Å². The van der Waals surface area contributed by atoms with E-state index in [9.17, 15) is 0 Å². The molecule has 1 aliphatic heterocycles. The van der Waals surface area contributed by atoms with Crippen molar-refractivity contribution < 1.29 is 0 Å². The van der Waals surface area contributed by atoms with E-state index in [1.165, 1.54) is 12.0 Å². The summed E-state index contributed by atoms with van der Waals surface area (Å²) in [6.45, 7) is 12.4. The number of aromatic nitrogens is 2. The Morgan fingerprint density at radius 2 is 1.79 bits per heavy atom. The van der Waals surface area contributed by atoms with Crippen LogP contribution in [0.15, 0.2) is 30.5 Å². The molecule has 0 amide bonds. The van der Waals surface area contributed by atoms with Gasteiger partial charge < -0.3 is 0 Å². The van der Waals surface area contributed by atoms with Gasteiger partial charge in [0, 0.05) is 48.8 Å². The average molecular weight is 347 g/mol.